The maximum absolute atomic E-state index is 13.5. The van der Waals surface area contributed by atoms with Crippen molar-refractivity contribution in [2.45, 2.75) is 19.4 Å². The van der Waals surface area contributed by atoms with Crippen LogP contribution in [0.25, 0.3) is 22.4 Å². The molecule has 0 aliphatic carbocycles. The van der Waals surface area contributed by atoms with Crippen LogP contribution in [0, 0.1) is 5.82 Å². The molecule has 0 N–H and O–H groups in total. The Balaban J connectivity index is 1.69. The zero-order chi connectivity index (χ0) is 18.3. The highest BCUT2D eigenvalue weighted by Crippen LogP contribution is 2.27. The van der Waals surface area contributed by atoms with Crippen molar-refractivity contribution in [3.63, 3.8) is 0 Å². The zero-order valence-corrected chi connectivity index (χ0v) is 13.6. The minimum Gasteiger partial charge on any atom is -0.341 e. The molecule has 0 unspecified atom stereocenters. The quantitative estimate of drug-likeness (QED) is 0.717. The number of fused-ring (bicyclic) bond motifs is 1. The first-order valence-electron chi connectivity index (χ1n) is 8.07. The molecular formula is C17H14F3N5O. The highest BCUT2D eigenvalue weighted by Gasteiger charge is 2.22. The number of rotatable bonds is 4. The van der Waals surface area contributed by atoms with Crippen molar-refractivity contribution >= 4 is 17.1 Å². The van der Waals surface area contributed by atoms with Gasteiger partial charge in [0.05, 0.1) is 23.7 Å². The average molecular weight is 361 g/mol. The number of likely N-dealkylation sites (tertiary alicyclic amines) is 1. The topological polar surface area (TPSA) is 63.9 Å². The van der Waals surface area contributed by atoms with Crippen LogP contribution in [-0.4, -0.2) is 43.6 Å². The fourth-order valence-electron chi connectivity index (χ4n) is 2.77. The van der Waals surface area contributed by atoms with Crippen LogP contribution in [-0.2, 0) is 11.3 Å². The Hall–Kier alpha value is -2.97. The van der Waals surface area contributed by atoms with Crippen LogP contribution < -0.4 is 0 Å². The normalized spacial score (nSPS) is 14.1. The van der Waals surface area contributed by atoms with Crippen molar-refractivity contribution in [3.05, 3.63) is 42.0 Å². The Morgan fingerprint density at radius 2 is 2.04 bits per heavy atom. The first kappa shape index (κ1) is 16.5. The summed E-state index contributed by atoms with van der Waals surface area (Å²) in [6, 6.07) is 3.40. The maximum Gasteiger partial charge on any atom is 0.266 e. The third-order valence-electron chi connectivity index (χ3n) is 4.37. The van der Waals surface area contributed by atoms with E-state index in [2.05, 4.69) is 15.1 Å². The molecule has 3 aromatic rings. The summed E-state index contributed by atoms with van der Waals surface area (Å²) in [7, 11) is 0. The van der Waals surface area contributed by atoms with Gasteiger partial charge in [0.1, 0.15) is 17.9 Å². The lowest BCUT2D eigenvalue weighted by atomic mass is 10.1. The van der Waals surface area contributed by atoms with E-state index in [0.29, 0.717) is 22.4 Å². The minimum atomic E-state index is -2.92. The van der Waals surface area contributed by atoms with E-state index in [0.717, 1.165) is 31.6 Å². The van der Waals surface area contributed by atoms with Crippen molar-refractivity contribution in [2.24, 2.45) is 0 Å². The van der Waals surface area contributed by atoms with Crippen LogP contribution >= 0.6 is 0 Å². The molecule has 0 bridgehead atoms. The van der Waals surface area contributed by atoms with Crippen LogP contribution in [0.5, 0.6) is 0 Å². The predicted octanol–water partition coefficient (Wildman–Crippen LogP) is 2.80. The van der Waals surface area contributed by atoms with Crippen LogP contribution in [0.1, 0.15) is 18.4 Å². The molecule has 3 heterocycles. The van der Waals surface area contributed by atoms with Gasteiger partial charge in [0, 0.05) is 18.7 Å². The van der Waals surface area contributed by atoms with E-state index in [1.165, 1.54) is 23.1 Å². The van der Waals surface area contributed by atoms with Gasteiger partial charge in [-0.2, -0.15) is 5.10 Å². The van der Waals surface area contributed by atoms with Crippen LogP contribution in [0.2, 0.25) is 0 Å². The van der Waals surface area contributed by atoms with Crippen molar-refractivity contribution < 1.29 is 18.0 Å². The molecule has 26 heavy (non-hydrogen) atoms. The van der Waals surface area contributed by atoms with Crippen molar-refractivity contribution in [1.82, 2.24) is 24.6 Å². The van der Waals surface area contributed by atoms with Gasteiger partial charge in [0.25, 0.3) is 6.43 Å². The molecule has 0 spiro atoms. The Kier molecular flexibility index (Phi) is 4.06. The van der Waals surface area contributed by atoms with E-state index in [4.69, 9.17) is 0 Å². The molecule has 1 amide bonds. The second-order valence-corrected chi connectivity index (χ2v) is 6.04. The van der Waals surface area contributed by atoms with E-state index >= 15 is 0 Å². The number of amides is 1. The molecule has 0 atom stereocenters. The molecule has 2 aromatic heterocycles. The number of nitrogens with zero attached hydrogens (tertiary/aromatic N) is 5. The Bertz CT molecular complexity index is 984. The molecule has 0 radical (unpaired) electrons. The van der Waals surface area contributed by atoms with E-state index in [-0.39, 0.29) is 12.5 Å². The van der Waals surface area contributed by atoms with Gasteiger partial charge in [0.2, 0.25) is 5.91 Å². The standard InChI is InChI=1S/C17H14F3N5O/c18-12-3-2-10(6-11(12)16(19)20)13-7-21-14-8-22-25(17(14)23-13)9-15(26)24-4-1-5-24/h2-3,6-8,16H,1,4-5,9H2. The maximum atomic E-state index is 13.5. The molecule has 9 heteroatoms. The molecule has 134 valence electrons. The highest BCUT2D eigenvalue weighted by molar-refractivity contribution is 5.79. The van der Waals surface area contributed by atoms with Gasteiger partial charge in [-0.05, 0) is 24.6 Å². The van der Waals surface area contributed by atoms with Crippen molar-refractivity contribution in [3.8, 4) is 11.3 Å². The van der Waals surface area contributed by atoms with Gasteiger partial charge < -0.3 is 4.90 Å². The lowest BCUT2D eigenvalue weighted by molar-refractivity contribution is -0.135. The summed E-state index contributed by atoms with van der Waals surface area (Å²) in [5.41, 5.74) is 0.794. The number of carbonyl (C=O) groups is 1. The van der Waals surface area contributed by atoms with Gasteiger partial charge in [-0.1, -0.05) is 0 Å². The van der Waals surface area contributed by atoms with E-state index in [9.17, 15) is 18.0 Å². The van der Waals surface area contributed by atoms with Crippen molar-refractivity contribution in [2.75, 3.05) is 13.1 Å². The Morgan fingerprint density at radius 3 is 2.73 bits per heavy atom. The van der Waals surface area contributed by atoms with E-state index in [1.807, 2.05) is 0 Å². The molecule has 6 nitrogen and oxygen atoms in total. The molecule has 4 rings (SSSR count). The second kappa shape index (κ2) is 6.40. The lowest BCUT2D eigenvalue weighted by Crippen LogP contribution is -2.43. The van der Waals surface area contributed by atoms with Gasteiger partial charge in [-0.3, -0.25) is 4.79 Å². The summed E-state index contributed by atoms with van der Waals surface area (Å²) in [6.45, 7) is 1.51. The average Bonchev–Trinajstić information content (AvgIpc) is 2.95. The SMILES string of the molecule is O=C(Cn1ncc2ncc(-c3ccc(F)c(C(F)F)c3)nc21)N1CCC1. The molecule has 1 aliphatic heterocycles. The first-order chi connectivity index (χ1) is 12.5. The molecule has 1 fully saturated rings. The fraction of sp³-hybridized carbons (Fsp3) is 0.294. The third kappa shape index (κ3) is 2.89. The summed E-state index contributed by atoms with van der Waals surface area (Å²) >= 11 is 0. The molecule has 0 saturated carbocycles. The highest BCUT2D eigenvalue weighted by atomic mass is 19.3. The Labute approximate surface area is 146 Å². The molecule has 1 aromatic carbocycles. The number of hydrogen-bond acceptors (Lipinski definition) is 4. The summed E-state index contributed by atoms with van der Waals surface area (Å²) in [4.78, 5) is 22.5. The third-order valence-corrected chi connectivity index (χ3v) is 4.37. The fourth-order valence-corrected chi connectivity index (χ4v) is 2.77. The minimum absolute atomic E-state index is 0.0351. The second-order valence-electron chi connectivity index (χ2n) is 6.04. The number of halogens is 3. The summed E-state index contributed by atoms with van der Waals surface area (Å²) in [5.74, 6) is -1.03. The van der Waals surface area contributed by atoms with E-state index < -0.39 is 17.8 Å². The largest absolute Gasteiger partial charge is 0.341 e. The monoisotopic (exact) mass is 361 g/mol. The lowest BCUT2D eigenvalue weighted by Gasteiger charge is -2.30. The number of aromatic nitrogens is 4. The number of hydrogen-bond donors (Lipinski definition) is 0. The van der Waals surface area contributed by atoms with Gasteiger partial charge in [-0.25, -0.2) is 27.8 Å². The van der Waals surface area contributed by atoms with Crippen LogP contribution in [0.4, 0.5) is 13.2 Å². The zero-order valence-electron chi connectivity index (χ0n) is 13.6. The van der Waals surface area contributed by atoms with E-state index in [1.54, 1.807) is 4.90 Å². The predicted molar refractivity (Wildman–Crippen MR) is 86.9 cm³/mol. The molecule has 1 aliphatic rings. The van der Waals surface area contributed by atoms with Gasteiger partial charge >= 0.3 is 0 Å². The van der Waals surface area contributed by atoms with Gasteiger partial charge in [0.15, 0.2) is 5.65 Å². The van der Waals surface area contributed by atoms with Crippen molar-refractivity contribution in [1.29, 1.82) is 0 Å². The smallest absolute Gasteiger partial charge is 0.266 e. The number of alkyl halides is 2. The van der Waals surface area contributed by atoms with Crippen LogP contribution in [0.15, 0.2) is 30.6 Å². The molecular weight excluding hydrogens is 347 g/mol. The summed E-state index contributed by atoms with van der Waals surface area (Å²) in [5, 5.41) is 4.13. The first-order valence-corrected chi connectivity index (χ1v) is 8.07. The van der Waals surface area contributed by atoms with Gasteiger partial charge in [-0.15, -0.1) is 0 Å². The number of carbonyl (C=O) groups excluding carboxylic acids is 1. The summed E-state index contributed by atoms with van der Waals surface area (Å²) in [6.07, 6.45) is 0.970. The number of benzene rings is 1. The molecule has 1 saturated heterocycles. The van der Waals surface area contributed by atoms with Crippen LogP contribution in [0.3, 0.4) is 0 Å². The summed E-state index contributed by atoms with van der Waals surface area (Å²) < 4.78 is 40.8. The Morgan fingerprint density at radius 1 is 1.23 bits per heavy atom.